The Morgan fingerprint density at radius 1 is 1.04 bits per heavy atom. The second-order valence-corrected chi connectivity index (χ2v) is 6.26. The van der Waals surface area contributed by atoms with Crippen LogP contribution in [-0.2, 0) is 4.79 Å². The molecule has 5 nitrogen and oxygen atoms in total. The zero-order valence-corrected chi connectivity index (χ0v) is 15.2. The average molecular weight is 342 g/mol. The van der Waals surface area contributed by atoms with Crippen molar-refractivity contribution in [3.63, 3.8) is 0 Å². The normalized spacial score (nSPS) is 10.6. The molecule has 0 atom stereocenters. The maximum Gasteiger partial charge on any atom is 0.253 e. The van der Waals surface area contributed by atoms with Gasteiger partial charge in [0.1, 0.15) is 0 Å². The number of halogens is 1. The molecule has 0 bridgehead atoms. The van der Waals surface area contributed by atoms with E-state index in [0.29, 0.717) is 17.8 Å². The van der Waals surface area contributed by atoms with Crippen LogP contribution in [-0.4, -0.2) is 31.4 Å². The van der Waals surface area contributed by atoms with Crippen LogP contribution in [0.2, 0.25) is 0 Å². The SMILES string of the molecule is CCCNCCNC(=O)c1ccccc1NC(=O)C(C)(C)C.Cl. The van der Waals surface area contributed by atoms with Crippen LogP contribution in [0.4, 0.5) is 5.69 Å². The molecule has 0 spiro atoms. The van der Waals surface area contributed by atoms with E-state index in [1.165, 1.54) is 0 Å². The van der Waals surface area contributed by atoms with E-state index in [2.05, 4.69) is 22.9 Å². The molecule has 23 heavy (non-hydrogen) atoms. The van der Waals surface area contributed by atoms with Crippen molar-refractivity contribution in [1.29, 1.82) is 0 Å². The lowest BCUT2D eigenvalue weighted by Gasteiger charge is -2.19. The molecule has 0 radical (unpaired) electrons. The standard InChI is InChI=1S/C17H27N3O2.ClH/c1-5-10-18-11-12-19-15(21)13-8-6-7-9-14(13)20-16(22)17(2,3)4;/h6-9,18H,5,10-12H2,1-4H3,(H,19,21)(H,20,22);1H. The lowest BCUT2D eigenvalue weighted by molar-refractivity contribution is -0.123. The fourth-order valence-electron chi connectivity index (χ4n) is 1.76. The van der Waals surface area contributed by atoms with Crippen molar-refractivity contribution < 1.29 is 9.59 Å². The van der Waals surface area contributed by atoms with Gasteiger partial charge in [0.25, 0.3) is 5.91 Å². The predicted molar refractivity (Wildman–Crippen MR) is 97.3 cm³/mol. The highest BCUT2D eigenvalue weighted by Crippen LogP contribution is 2.20. The first kappa shape index (κ1) is 21.4. The number of carbonyl (C=O) groups excluding carboxylic acids is 2. The van der Waals surface area contributed by atoms with Gasteiger partial charge in [-0.2, -0.15) is 0 Å². The monoisotopic (exact) mass is 341 g/mol. The largest absolute Gasteiger partial charge is 0.351 e. The van der Waals surface area contributed by atoms with Crippen molar-refractivity contribution in [2.45, 2.75) is 34.1 Å². The highest BCUT2D eigenvalue weighted by molar-refractivity contribution is 6.04. The molecule has 3 N–H and O–H groups in total. The summed E-state index contributed by atoms with van der Waals surface area (Å²) < 4.78 is 0. The Kier molecular flexibility index (Phi) is 9.53. The summed E-state index contributed by atoms with van der Waals surface area (Å²) in [5.41, 5.74) is 0.519. The zero-order valence-electron chi connectivity index (χ0n) is 14.4. The van der Waals surface area contributed by atoms with E-state index in [0.717, 1.165) is 19.5 Å². The topological polar surface area (TPSA) is 70.2 Å². The third-order valence-electron chi connectivity index (χ3n) is 3.12. The summed E-state index contributed by atoms with van der Waals surface area (Å²) in [5.74, 6) is -0.291. The Balaban J connectivity index is 0.00000484. The fourth-order valence-corrected chi connectivity index (χ4v) is 1.76. The number of carbonyl (C=O) groups is 2. The minimum atomic E-state index is -0.506. The molecule has 1 rings (SSSR count). The maximum absolute atomic E-state index is 12.2. The van der Waals surface area contributed by atoms with Gasteiger partial charge in [-0.25, -0.2) is 0 Å². The zero-order chi connectivity index (χ0) is 16.6. The molecule has 1 aromatic rings. The van der Waals surface area contributed by atoms with Crippen molar-refractivity contribution in [3.05, 3.63) is 29.8 Å². The van der Waals surface area contributed by atoms with E-state index in [1.54, 1.807) is 24.3 Å². The van der Waals surface area contributed by atoms with Gasteiger partial charge in [-0.3, -0.25) is 9.59 Å². The van der Waals surface area contributed by atoms with Crippen LogP contribution in [0, 0.1) is 5.41 Å². The fraction of sp³-hybridized carbons (Fsp3) is 0.529. The molecule has 0 unspecified atom stereocenters. The molecule has 2 amide bonds. The molecule has 0 aliphatic rings. The number of para-hydroxylation sites is 1. The summed E-state index contributed by atoms with van der Waals surface area (Å²) in [4.78, 5) is 24.3. The van der Waals surface area contributed by atoms with E-state index in [1.807, 2.05) is 20.8 Å². The third-order valence-corrected chi connectivity index (χ3v) is 3.12. The highest BCUT2D eigenvalue weighted by atomic mass is 35.5. The Morgan fingerprint density at radius 2 is 1.70 bits per heavy atom. The highest BCUT2D eigenvalue weighted by Gasteiger charge is 2.22. The van der Waals surface area contributed by atoms with Crippen molar-refractivity contribution in [1.82, 2.24) is 10.6 Å². The number of amides is 2. The van der Waals surface area contributed by atoms with E-state index in [-0.39, 0.29) is 24.2 Å². The number of nitrogens with one attached hydrogen (secondary N) is 3. The third kappa shape index (κ3) is 7.48. The number of benzene rings is 1. The van der Waals surface area contributed by atoms with Gasteiger partial charge in [0.05, 0.1) is 11.3 Å². The number of hydrogen-bond donors (Lipinski definition) is 3. The number of hydrogen-bond acceptors (Lipinski definition) is 3. The summed E-state index contributed by atoms with van der Waals surface area (Å²) in [7, 11) is 0. The second-order valence-electron chi connectivity index (χ2n) is 6.26. The molecule has 1 aromatic carbocycles. The number of anilines is 1. The van der Waals surface area contributed by atoms with Crippen LogP contribution in [0.1, 0.15) is 44.5 Å². The molecule has 0 aromatic heterocycles. The first-order chi connectivity index (χ1) is 10.4. The predicted octanol–water partition coefficient (Wildman–Crippen LogP) is 2.82. The van der Waals surface area contributed by atoms with E-state index >= 15 is 0 Å². The van der Waals surface area contributed by atoms with Crippen molar-refractivity contribution in [3.8, 4) is 0 Å². The molecule has 0 heterocycles. The molecule has 0 aliphatic heterocycles. The first-order valence-electron chi connectivity index (χ1n) is 7.75. The minimum Gasteiger partial charge on any atom is -0.351 e. The minimum absolute atomic E-state index is 0. The van der Waals surface area contributed by atoms with Gasteiger partial charge in [0, 0.05) is 18.5 Å². The van der Waals surface area contributed by atoms with E-state index in [4.69, 9.17) is 0 Å². The van der Waals surface area contributed by atoms with Crippen LogP contribution in [0.5, 0.6) is 0 Å². The lowest BCUT2D eigenvalue weighted by Crippen LogP contribution is -2.33. The summed E-state index contributed by atoms with van der Waals surface area (Å²) in [6, 6.07) is 7.05. The van der Waals surface area contributed by atoms with Gasteiger partial charge in [0.15, 0.2) is 0 Å². The summed E-state index contributed by atoms with van der Waals surface area (Å²) in [5, 5.41) is 8.91. The number of rotatable bonds is 7. The van der Waals surface area contributed by atoms with Crippen LogP contribution in [0.3, 0.4) is 0 Å². The van der Waals surface area contributed by atoms with Crippen LogP contribution in [0.15, 0.2) is 24.3 Å². The van der Waals surface area contributed by atoms with Gasteiger partial charge in [0.2, 0.25) is 5.91 Å². The van der Waals surface area contributed by atoms with Crippen LogP contribution >= 0.6 is 12.4 Å². The molecule has 0 saturated heterocycles. The summed E-state index contributed by atoms with van der Waals surface area (Å²) in [6.45, 7) is 9.84. The van der Waals surface area contributed by atoms with Gasteiger partial charge >= 0.3 is 0 Å². The summed E-state index contributed by atoms with van der Waals surface area (Å²) in [6.07, 6.45) is 1.07. The van der Waals surface area contributed by atoms with Crippen LogP contribution < -0.4 is 16.0 Å². The van der Waals surface area contributed by atoms with Crippen LogP contribution in [0.25, 0.3) is 0 Å². The average Bonchev–Trinajstić information content (AvgIpc) is 2.46. The van der Waals surface area contributed by atoms with E-state index in [9.17, 15) is 9.59 Å². The first-order valence-corrected chi connectivity index (χ1v) is 7.75. The van der Waals surface area contributed by atoms with Gasteiger partial charge in [-0.15, -0.1) is 12.4 Å². The van der Waals surface area contributed by atoms with Crippen molar-refractivity contribution in [2.75, 3.05) is 25.0 Å². The molecule has 0 fully saturated rings. The molecular formula is C17H28ClN3O2. The van der Waals surface area contributed by atoms with E-state index < -0.39 is 5.41 Å². The Morgan fingerprint density at radius 3 is 2.30 bits per heavy atom. The smallest absolute Gasteiger partial charge is 0.253 e. The Bertz CT molecular complexity index is 513. The molecule has 0 saturated carbocycles. The Hall–Kier alpha value is -1.59. The summed E-state index contributed by atoms with van der Waals surface area (Å²) >= 11 is 0. The van der Waals surface area contributed by atoms with Gasteiger partial charge in [-0.05, 0) is 25.1 Å². The molecule has 0 aliphatic carbocycles. The maximum atomic E-state index is 12.2. The van der Waals surface area contributed by atoms with Gasteiger partial charge in [-0.1, -0.05) is 39.8 Å². The lowest BCUT2D eigenvalue weighted by atomic mass is 9.95. The second kappa shape index (κ2) is 10.2. The Labute approximate surface area is 145 Å². The van der Waals surface area contributed by atoms with Gasteiger partial charge < -0.3 is 16.0 Å². The van der Waals surface area contributed by atoms with Crippen molar-refractivity contribution >= 4 is 29.9 Å². The van der Waals surface area contributed by atoms with Crippen molar-refractivity contribution in [2.24, 2.45) is 5.41 Å². The molecule has 130 valence electrons. The quantitative estimate of drug-likeness (QED) is 0.668. The molecular weight excluding hydrogens is 314 g/mol. The molecule has 6 heteroatoms.